The number of hydrogen-bond acceptors (Lipinski definition) is 7. The quantitative estimate of drug-likeness (QED) is 0.218. The van der Waals surface area contributed by atoms with Crippen LogP contribution in [-0.4, -0.2) is 85.1 Å². The summed E-state index contributed by atoms with van der Waals surface area (Å²) in [7, 11) is -3.46. The maximum absolute atomic E-state index is 14.0. The lowest BCUT2D eigenvalue weighted by molar-refractivity contribution is -0.148. The van der Waals surface area contributed by atoms with Crippen molar-refractivity contribution in [2.75, 3.05) is 24.6 Å². The molecule has 5 amide bonds. The number of nitrogens with zero attached hydrogens (tertiary/aromatic N) is 1. The summed E-state index contributed by atoms with van der Waals surface area (Å²) in [6, 6.07) is -2.23. The SMILES string of the molecule is CC(C)(C)CS(=O)(=O)C[C@@H](NC(=O)NCC(=O)N1CC2CC(C)(C)CC1(C(=O)NC(CC1CC1)C(=O)C(N)=O)C2)C1CCCCC1. The number of nitrogens with two attached hydrogens (primary N) is 1. The maximum Gasteiger partial charge on any atom is 0.315 e. The number of rotatable bonds is 13. The third-order valence-corrected chi connectivity index (χ3v) is 12.2. The number of likely N-dealkylation sites (tertiary alicyclic amines) is 1. The van der Waals surface area contributed by atoms with Crippen molar-refractivity contribution in [3.63, 3.8) is 0 Å². The predicted octanol–water partition coefficient (Wildman–Crippen LogP) is 2.44. The first-order valence-electron chi connectivity index (χ1n) is 17.0. The number of ketones is 1. The molecular weight excluding hydrogens is 610 g/mol. The highest BCUT2D eigenvalue weighted by atomic mass is 32.2. The molecule has 0 spiro atoms. The van der Waals surface area contributed by atoms with Crippen molar-refractivity contribution in [2.45, 2.75) is 123 Å². The van der Waals surface area contributed by atoms with E-state index in [1.54, 1.807) is 0 Å². The van der Waals surface area contributed by atoms with Gasteiger partial charge in [-0.25, -0.2) is 13.2 Å². The Kier molecular flexibility index (Phi) is 10.8. The van der Waals surface area contributed by atoms with E-state index in [-0.39, 0.29) is 41.2 Å². The molecule has 5 N–H and O–H groups in total. The van der Waals surface area contributed by atoms with Gasteiger partial charge in [-0.1, -0.05) is 66.7 Å². The second-order valence-corrected chi connectivity index (χ2v) is 18.6. The number of hydrogen-bond donors (Lipinski definition) is 4. The van der Waals surface area contributed by atoms with Crippen LogP contribution in [0.2, 0.25) is 0 Å². The first-order valence-corrected chi connectivity index (χ1v) is 18.8. The van der Waals surface area contributed by atoms with E-state index in [1.807, 2.05) is 20.8 Å². The first kappa shape index (κ1) is 36.1. The van der Waals surface area contributed by atoms with Crippen LogP contribution in [-0.2, 0) is 29.0 Å². The van der Waals surface area contributed by atoms with Gasteiger partial charge in [0.05, 0.1) is 24.1 Å². The van der Waals surface area contributed by atoms with Crippen molar-refractivity contribution < 1.29 is 32.4 Å². The molecule has 1 heterocycles. The highest BCUT2D eigenvalue weighted by Crippen LogP contribution is 2.52. The van der Waals surface area contributed by atoms with Crippen LogP contribution < -0.4 is 21.7 Å². The summed E-state index contributed by atoms with van der Waals surface area (Å²) >= 11 is 0. The van der Waals surface area contributed by atoms with E-state index in [4.69, 9.17) is 5.73 Å². The van der Waals surface area contributed by atoms with Crippen molar-refractivity contribution in [1.29, 1.82) is 0 Å². The Balaban J connectivity index is 1.46. The van der Waals surface area contributed by atoms with Crippen LogP contribution in [0.1, 0.15) is 105 Å². The van der Waals surface area contributed by atoms with Gasteiger partial charge in [0, 0.05) is 12.6 Å². The number of fused-ring (bicyclic) bond motifs is 2. The van der Waals surface area contributed by atoms with Gasteiger partial charge in [0.2, 0.25) is 17.6 Å². The molecule has 0 radical (unpaired) electrons. The summed E-state index contributed by atoms with van der Waals surface area (Å²) < 4.78 is 26.2. The number of amides is 5. The van der Waals surface area contributed by atoms with Crippen molar-refractivity contribution in [1.82, 2.24) is 20.9 Å². The summed E-state index contributed by atoms with van der Waals surface area (Å²) in [5.41, 5.74) is 3.40. The van der Waals surface area contributed by atoms with E-state index in [0.29, 0.717) is 25.8 Å². The third kappa shape index (κ3) is 9.44. The minimum absolute atomic E-state index is 0.00811. The second kappa shape index (κ2) is 13.8. The Labute approximate surface area is 274 Å². The van der Waals surface area contributed by atoms with Gasteiger partial charge in [0.25, 0.3) is 5.91 Å². The summed E-state index contributed by atoms with van der Waals surface area (Å²) in [6.07, 6.45) is 8.48. The van der Waals surface area contributed by atoms with Crippen LogP contribution in [0.4, 0.5) is 4.79 Å². The van der Waals surface area contributed by atoms with E-state index < -0.39 is 62.4 Å². The van der Waals surface area contributed by atoms with Crippen molar-refractivity contribution >= 4 is 39.4 Å². The monoisotopic (exact) mass is 665 g/mol. The van der Waals surface area contributed by atoms with E-state index in [1.165, 1.54) is 4.90 Å². The molecule has 12 nitrogen and oxygen atoms in total. The van der Waals surface area contributed by atoms with E-state index in [9.17, 15) is 32.4 Å². The van der Waals surface area contributed by atoms with Crippen LogP contribution in [0.15, 0.2) is 0 Å². The lowest BCUT2D eigenvalue weighted by atomic mass is 9.66. The summed E-state index contributed by atoms with van der Waals surface area (Å²) in [4.78, 5) is 66.9. The molecule has 0 aromatic rings. The fourth-order valence-corrected chi connectivity index (χ4v) is 10.7. The number of urea groups is 1. The number of primary amides is 1. The Hall–Kier alpha value is -2.70. The standard InChI is InChI=1S/C33H55N5O7S/c1-31(2,3)20-46(44,45)18-25(23-9-7-6-8-10-23)37-30(43)35-16-26(39)38-17-22-14-32(4,5)19-33(38,15-22)29(42)36-24(13-21-11-12-21)27(40)28(34)41/h21-25H,6-20H2,1-5H3,(H2,34,41)(H,36,42)(H2,35,37,43)/t22?,24?,25-,33?/m1/s1. The van der Waals surface area contributed by atoms with Crippen LogP contribution in [0.3, 0.4) is 0 Å². The molecule has 46 heavy (non-hydrogen) atoms. The average molecular weight is 666 g/mol. The smallest absolute Gasteiger partial charge is 0.315 e. The Morgan fingerprint density at radius 2 is 1.61 bits per heavy atom. The number of sulfone groups is 1. The predicted molar refractivity (Wildman–Crippen MR) is 174 cm³/mol. The molecule has 4 fully saturated rings. The zero-order valence-corrected chi connectivity index (χ0v) is 29.1. The molecule has 4 rings (SSSR count). The fourth-order valence-electron chi connectivity index (χ4n) is 8.35. The average Bonchev–Trinajstić information content (AvgIpc) is 3.70. The summed E-state index contributed by atoms with van der Waals surface area (Å²) in [5, 5.41) is 8.33. The number of nitrogens with one attached hydrogen (secondary N) is 3. The second-order valence-electron chi connectivity index (χ2n) is 16.5. The van der Waals surface area contributed by atoms with Gasteiger partial charge >= 0.3 is 6.03 Å². The molecular formula is C33H55N5O7S. The van der Waals surface area contributed by atoms with E-state index in [0.717, 1.165) is 51.4 Å². The number of carbonyl (C=O) groups is 5. The molecule has 4 aliphatic rings. The van der Waals surface area contributed by atoms with Gasteiger partial charge in [0.1, 0.15) is 5.54 Å². The molecule has 0 aromatic carbocycles. The van der Waals surface area contributed by atoms with Gasteiger partial charge in [-0.3, -0.25) is 19.2 Å². The topological polar surface area (TPSA) is 185 Å². The van der Waals surface area contributed by atoms with Crippen molar-refractivity contribution in [3.8, 4) is 0 Å². The minimum Gasteiger partial charge on any atom is -0.363 e. The molecule has 13 heteroatoms. The van der Waals surface area contributed by atoms with Gasteiger partial charge in [0.15, 0.2) is 9.84 Å². The zero-order chi connectivity index (χ0) is 34.1. The molecule has 3 unspecified atom stereocenters. The minimum atomic E-state index is -3.46. The largest absolute Gasteiger partial charge is 0.363 e. The third-order valence-electron chi connectivity index (χ3n) is 10.1. The van der Waals surface area contributed by atoms with Gasteiger partial charge in [-0.2, -0.15) is 0 Å². The molecule has 0 aromatic heterocycles. The van der Waals surface area contributed by atoms with Crippen molar-refractivity contribution in [3.05, 3.63) is 0 Å². The van der Waals surface area contributed by atoms with E-state index >= 15 is 0 Å². The Morgan fingerprint density at radius 3 is 2.20 bits per heavy atom. The first-order chi connectivity index (χ1) is 21.3. The Morgan fingerprint density at radius 1 is 0.957 bits per heavy atom. The summed E-state index contributed by atoms with van der Waals surface area (Å²) in [6.45, 7) is 9.69. The molecule has 2 bridgehead atoms. The zero-order valence-electron chi connectivity index (χ0n) is 28.3. The van der Waals surface area contributed by atoms with Gasteiger partial charge < -0.3 is 26.6 Å². The maximum atomic E-state index is 14.0. The molecule has 260 valence electrons. The highest BCUT2D eigenvalue weighted by Gasteiger charge is 2.59. The molecule has 4 atom stereocenters. The molecule has 3 aliphatic carbocycles. The Bertz CT molecular complexity index is 1300. The van der Waals surface area contributed by atoms with Crippen LogP contribution in [0.25, 0.3) is 0 Å². The normalized spacial score (nSPS) is 26.1. The van der Waals surface area contributed by atoms with Crippen LogP contribution >= 0.6 is 0 Å². The number of carbonyl (C=O) groups excluding carboxylic acids is 5. The summed E-state index contributed by atoms with van der Waals surface area (Å²) in [5.74, 6) is -2.66. The van der Waals surface area contributed by atoms with E-state index in [2.05, 4.69) is 29.8 Å². The molecule has 1 aliphatic heterocycles. The van der Waals surface area contributed by atoms with Crippen LogP contribution in [0.5, 0.6) is 0 Å². The highest BCUT2D eigenvalue weighted by molar-refractivity contribution is 7.91. The molecule has 3 saturated carbocycles. The van der Waals surface area contributed by atoms with Gasteiger partial charge in [-0.05, 0) is 67.1 Å². The van der Waals surface area contributed by atoms with Gasteiger partial charge in [-0.15, -0.1) is 0 Å². The van der Waals surface area contributed by atoms with Crippen LogP contribution in [0, 0.1) is 28.6 Å². The lowest BCUT2D eigenvalue weighted by Crippen LogP contribution is -2.63. The number of Topliss-reactive ketones (excluding diaryl/α,β-unsaturated/α-hetero) is 1. The lowest BCUT2D eigenvalue weighted by Gasteiger charge is -2.44. The van der Waals surface area contributed by atoms with Crippen molar-refractivity contribution in [2.24, 2.45) is 34.3 Å². The fraction of sp³-hybridized carbons (Fsp3) is 0.848. The molecule has 1 saturated heterocycles.